The van der Waals surface area contributed by atoms with Crippen LogP contribution in [0.4, 0.5) is 13.2 Å². The number of methoxy groups -OCH3 is 2. The molecule has 0 unspecified atom stereocenters. The van der Waals surface area contributed by atoms with Crippen molar-refractivity contribution < 1.29 is 198 Å². The van der Waals surface area contributed by atoms with Gasteiger partial charge in [-0.25, -0.2) is 28.2 Å². The summed E-state index contributed by atoms with van der Waals surface area (Å²) in [6, 6.07) is 13.3. The number of carbonyl (C=O) groups excluding carboxylic acids is 4. The van der Waals surface area contributed by atoms with Crippen LogP contribution < -0.4 is 154 Å². The molecule has 412 valence electrons. The summed E-state index contributed by atoms with van der Waals surface area (Å²) < 4.78 is 50.5. The normalized spacial score (nSPS) is 18.6. The van der Waals surface area contributed by atoms with Crippen LogP contribution in [0.2, 0.25) is 0 Å². The van der Waals surface area contributed by atoms with Gasteiger partial charge in [-0.15, -0.1) is 0 Å². The van der Waals surface area contributed by atoms with Crippen LogP contribution >= 0.6 is 15.9 Å². The number of halogens is 4. The van der Waals surface area contributed by atoms with Gasteiger partial charge in [0.05, 0.1) is 25.3 Å². The van der Waals surface area contributed by atoms with Crippen LogP contribution in [-0.4, -0.2) is 92.8 Å². The summed E-state index contributed by atoms with van der Waals surface area (Å²) in [6.45, 7) is 7.86. The molecule has 0 aromatic heterocycles. The summed E-state index contributed by atoms with van der Waals surface area (Å²) in [5, 5.41) is 20.9. The number of rotatable bonds is 9. The molecule has 0 bridgehead atoms. The zero-order chi connectivity index (χ0) is 51.3. The topological polar surface area (TPSA) is 170 Å². The van der Waals surface area contributed by atoms with Crippen LogP contribution in [0.5, 0.6) is 0 Å². The fraction of sp³-hybridized carbons (Fsp3) is 0.607. The average Bonchev–Trinajstić information content (AvgIpc) is 4.14. The number of hydrogen-bond donors (Lipinski definition) is 3. The van der Waals surface area contributed by atoms with E-state index in [1.807, 2.05) is 0 Å². The van der Waals surface area contributed by atoms with Gasteiger partial charge in [0, 0.05) is 56.2 Å². The number of hydrogen-bond acceptors (Lipinski definition) is 12. The number of alkyl halides is 1. The SMILES string of the molecule is C.C.C1CCC2(CC1)CCNC2.COC(=O)c1ccc(CBr)c(F)c1.COC(=O)c1ccc(CN2CCC3(CCCCC3)C2)c(F)c1.O=C(NO)c1ccc(CN2CCC3(CCCCC3)C2)c(F)c1.O=CO[O-].[2HH].[Cs+].[Cs+].[H-]. The zero-order valence-electron chi connectivity index (χ0n) is 44.5. The number of nitrogens with zero attached hydrogens (tertiary/aromatic N) is 2. The van der Waals surface area contributed by atoms with Crippen molar-refractivity contribution in [3.63, 3.8) is 0 Å². The molecule has 3 saturated heterocycles. The minimum Gasteiger partial charge on any atom is -1.00 e. The predicted molar refractivity (Wildman–Crippen MR) is 281 cm³/mol. The van der Waals surface area contributed by atoms with Gasteiger partial charge in [0.1, 0.15) is 17.5 Å². The van der Waals surface area contributed by atoms with Crippen molar-refractivity contribution in [2.75, 3.05) is 53.5 Å². The Labute approximate surface area is 573 Å². The van der Waals surface area contributed by atoms with Crippen LogP contribution in [-0.2, 0) is 37.6 Å². The molecule has 3 spiro atoms. The van der Waals surface area contributed by atoms with Crippen LogP contribution in [0.15, 0.2) is 54.6 Å². The van der Waals surface area contributed by atoms with Crippen LogP contribution in [0.1, 0.15) is 181 Å². The molecule has 6 fully saturated rings. The maximum absolute atomic E-state index is 14.2. The number of esters is 2. The summed E-state index contributed by atoms with van der Waals surface area (Å²) in [7, 11) is 2.57. The van der Waals surface area contributed by atoms with Gasteiger partial charge in [-0.05, 0) is 136 Å². The summed E-state index contributed by atoms with van der Waals surface area (Å²) >= 11 is 3.13. The Morgan fingerprint density at radius 3 is 1.37 bits per heavy atom. The molecule has 6 aliphatic rings. The van der Waals surface area contributed by atoms with Gasteiger partial charge >= 0.3 is 150 Å². The van der Waals surface area contributed by atoms with Crippen molar-refractivity contribution in [1.82, 2.24) is 20.6 Å². The standard InChI is InChI=1S/C18H24FNO2.C17H23FN2O2.C9H8BrFO2.C9H17N.CH2O3.2CH4.2Cs.H2.H/c1-22-17(21)14-5-6-15(16(19)11-14)12-20-10-9-18(13-20)7-3-2-4-8-18;18-15-10-13(16(21)19-22)4-5-14(15)11-20-9-8-17(12-20)6-2-1-3-7-17;1-13-9(12)6-2-3-7(5-10)8(11)4-6;1-2-4-9(5-3-1)6-7-10-8-9;2-1-4-3;;;;;;/h5-6,11H,2-4,7-10,12-13H2,1H3;4-5,10,22H,1-3,6-9,11-12H2,(H,19,21);2-4H,5H2,1H3;10H,1-8H2;1,3H;2*1H4;;;1H;/q;;;;;;;2*+1;;-1/p-1/i;;;;;;;;;1+1;. The molecular weight excluding hydrogens is 1280 g/mol. The molecule has 0 radical (unpaired) electrons. The van der Waals surface area contributed by atoms with Crippen molar-refractivity contribution in [3.8, 4) is 0 Å². The Hall–Kier alpha value is -0.286. The molecule has 3 aromatic carbocycles. The third-order valence-corrected chi connectivity index (χ3v) is 16.0. The molecule has 3 aliphatic heterocycles. The van der Waals surface area contributed by atoms with Crippen LogP contribution in [0, 0.1) is 33.7 Å². The van der Waals surface area contributed by atoms with Crippen molar-refractivity contribution in [3.05, 3.63) is 105 Å². The van der Waals surface area contributed by atoms with E-state index in [0.29, 0.717) is 45.9 Å². The van der Waals surface area contributed by atoms with E-state index in [9.17, 15) is 27.6 Å². The van der Waals surface area contributed by atoms with Gasteiger partial charge < -0.3 is 26.4 Å². The fourth-order valence-electron chi connectivity index (χ4n) is 11.5. The first kappa shape index (κ1) is 72.7. The van der Waals surface area contributed by atoms with Gasteiger partial charge in [-0.2, -0.15) is 0 Å². The van der Waals surface area contributed by atoms with Gasteiger partial charge in [-0.3, -0.25) is 24.6 Å². The molecule has 1 amide bonds. The molecule has 9 rings (SSSR count). The second-order valence-corrected chi connectivity index (χ2v) is 20.8. The predicted octanol–water partition coefficient (Wildman–Crippen LogP) is 5.38. The minimum atomic E-state index is -0.687. The summed E-state index contributed by atoms with van der Waals surface area (Å²) in [6.07, 6.45) is 24.7. The molecule has 19 heteroatoms. The van der Waals surface area contributed by atoms with E-state index in [-0.39, 0.29) is 190 Å². The zero-order valence-corrected chi connectivity index (χ0v) is 57.6. The molecule has 3 N–H and O–H groups in total. The minimum absolute atomic E-state index is 0. The van der Waals surface area contributed by atoms with E-state index in [4.69, 9.17) is 15.3 Å². The first-order valence-electron chi connectivity index (χ1n) is 25.2. The van der Waals surface area contributed by atoms with E-state index >= 15 is 0 Å². The van der Waals surface area contributed by atoms with Gasteiger partial charge in [0.15, 0.2) is 0 Å². The van der Waals surface area contributed by atoms with E-state index in [0.717, 1.165) is 31.6 Å². The Morgan fingerprint density at radius 1 is 0.667 bits per heavy atom. The second kappa shape index (κ2) is 37.7. The Kier molecular flexibility index (Phi) is 36.5. The van der Waals surface area contributed by atoms with Crippen LogP contribution in [0.3, 0.4) is 0 Å². The average molecular weight is 1360 g/mol. The number of amides is 1. The van der Waals surface area contributed by atoms with Gasteiger partial charge in [0.2, 0.25) is 0 Å². The Bertz CT molecular complexity index is 2100. The van der Waals surface area contributed by atoms with E-state index in [1.54, 1.807) is 30.3 Å². The molecule has 3 heterocycles. The molecule has 0 atom stereocenters. The first-order valence-corrected chi connectivity index (χ1v) is 26.3. The largest absolute Gasteiger partial charge is 1.00 e. The van der Waals surface area contributed by atoms with E-state index in [2.05, 4.69) is 45.4 Å². The van der Waals surface area contributed by atoms with Crippen LogP contribution in [0.25, 0.3) is 0 Å². The third-order valence-electron chi connectivity index (χ3n) is 15.4. The molecule has 13 nitrogen and oxygen atoms in total. The summed E-state index contributed by atoms with van der Waals surface area (Å²) in [4.78, 5) is 49.6. The third kappa shape index (κ3) is 22.9. The number of benzene rings is 3. The maximum atomic E-state index is 14.2. The molecule has 3 saturated carbocycles. The van der Waals surface area contributed by atoms with Gasteiger partial charge in [-0.1, -0.05) is 107 Å². The fourth-order valence-corrected chi connectivity index (χ4v) is 11.9. The van der Waals surface area contributed by atoms with Crippen molar-refractivity contribution in [2.45, 2.75) is 149 Å². The first-order chi connectivity index (χ1) is 34.2. The molecule has 3 aromatic rings. The maximum Gasteiger partial charge on any atom is 1.00 e. The van der Waals surface area contributed by atoms with E-state index < -0.39 is 23.7 Å². The monoisotopic (exact) mass is 1360 g/mol. The van der Waals surface area contributed by atoms with Crippen molar-refractivity contribution >= 4 is 40.2 Å². The van der Waals surface area contributed by atoms with Gasteiger partial charge in [0.25, 0.3) is 12.4 Å². The quantitative estimate of drug-likeness (QED) is 0.0626. The van der Waals surface area contributed by atoms with Crippen molar-refractivity contribution in [2.24, 2.45) is 16.2 Å². The number of carbonyl (C=O) groups is 4. The molecule has 75 heavy (non-hydrogen) atoms. The Balaban J connectivity index is 0. The summed E-state index contributed by atoms with van der Waals surface area (Å²) in [5.41, 5.74) is 5.67. The summed E-state index contributed by atoms with van der Waals surface area (Å²) in [5.74, 6) is -2.81. The number of likely N-dealkylation sites (tertiary alicyclic amines) is 2. The smallest absolute Gasteiger partial charge is 1.00 e. The Morgan fingerprint density at radius 2 is 1.04 bits per heavy atom. The number of hydroxylamine groups is 1. The number of ether oxygens (including phenoxy) is 2. The van der Waals surface area contributed by atoms with E-state index in [1.165, 1.54) is 173 Å². The number of nitrogens with one attached hydrogen (secondary N) is 2. The molecular formula is C56H84BrCs2F3N4O9. The van der Waals surface area contributed by atoms with Crippen molar-refractivity contribution in [1.29, 1.82) is 0 Å². The molecule has 3 aliphatic carbocycles. The second-order valence-electron chi connectivity index (χ2n) is 20.2.